The Morgan fingerprint density at radius 2 is 1.82 bits per heavy atom. The smallest absolute Gasteiger partial charge is 0.0168 e. The van der Waals surface area contributed by atoms with Gasteiger partial charge < -0.3 is 5.32 Å². The summed E-state index contributed by atoms with van der Waals surface area (Å²) in [6, 6.07) is 0.496. The molecular weight excluding hydrogens is 174 g/mol. The van der Waals surface area contributed by atoms with Crippen LogP contribution >= 0.6 is 25.3 Å². The maximum atomic E-state index is 4.27. The van der Waals surface area contributed by atoms with Crippen molar-refractivity contribution in [2.45, 2.75) is 38.8 Å². The van der Waals surface area contributed by atoms with Gasteiger partial charge in [0, 0.05) is 17.3 Å². The quantitative estimate of drug-likeness (QED) is 0.580. The maximum absolute atomic E-state index is 4.27. The Hall–Kier alpha value is 0.660. The lowest BCUT2D eigenvalue weighted by atomic mass is 10.1. The number of hydrogen-bond donors (Lipinski definition) is 3. The first-order chi connectivity index (χ1) is 4.99. The summed E-state index contributed by atoms with van der Waals surface area (Å²) in [6.45, 7) is 6.51. The molecule has 0 aromatic carbocycles. The molecule has 0 heterocycles. The van der Waals surface area contributed by atoms with Crippen LogP contribution in [0, 0.1) is 0 Å². The molecule has 0 aromatic heterocycles. The summed E-state index contributed by atoms with van der Waals surface area (Å²) in [5.41, 5.74) is 0.191. The molecule has 68 valence electrons. The summed E-state index contributed by atoms with van der Waals surface area (Å²) >= 11 is 8.45. The molecule has 0 rings (SSSR count). The number of nitrogens with one attached hydrogen (secondary N) is 1. The SMILES string of the molecule is CC(C)(C)NC(CS)CCS. The summed E-state index contributed by atoms with van der Waals surface area (Å²) in [5.74, 6) is 1.81. The molecular formula is C8H19NS2. The van der Waals surface area contributed by atoms with Gasteiger partial charge in [-0.1, -0.05) is 0 Å². The van der Waals surface area contributed by atoms with Crippen molar-refractivity contribution in [3.63, 3.8) is 0 Å². The lowest BCUT2D eigenvalue weighted by molar-refractivity contribution is 0.371. The van der Waals surface area contributed by atoms with E-state index in [1.54, 1.807) is 0 Å². The van der Waals surface area contributed by atoms with Crippen LogP contribution in [0.2, 0.25) is 0 Å². The second-order valence-electron chi connectivity index (χ2n) is 3.79. The molecule has 0 aromatic rings. The average Bonchev–Trinajstić information content (AvgIpc) is 1.84. The van der Waals surface area contributed by atoms with Crippen LogP contribution in [0.4, 0.5) is 0 Å². The van der Waals surface area contributed by atoms with E-state index in [2.05, 4.69) is 51.3 Å². The highest BCUT2D eigenvalue weighted by Crippen LogP contribution is 2.05. The van der Waals surface area contributed by atoms with Gasteiger partial charge in [0.25, 0.3) is 0 Å². The van der Waals surface area contributed by atoms with Gasteiger partial charge in [-0.15, -0.1) is 0 Å². The van der Waals surface area contributed by atoms with E-state index in [1.807, 2.05) is 0 Å². The van der Waals surface area contributed by atoms with Crippen LogP contribution in [-0.4, -0.2) is 23.1 Å². The molecule has 1 atom stereocenters. The first-order valence-corrected chi connectivity index (χ1v) is 5.25. The normalized spacial score (nSPS) is 15.0. The summed E-state index contributed by atoms with van der Waals surface area (Å²) < 4.78 is 0. The molecule has 1 nitrogen and oxygen atoms in total. The monoisotopic (exact) mass is 193 g/mol. The van der Waals surface area contributed by atoms with Gasteiger partial charge in [-0.05, 0) is 32.9 Å². The Bertz CT molecular complexity index is 98.8. The molecule has 0 spiro atoms. The first-order valence-electron chi connectivity index (χ1n) is 3.99. The minimum absolute atomic E-state index is 0.191. The van der Waals surface area contributed by atoms with Crippen molar-refractivity contribution in [1.82, 2.24) is 5.32 Å². The Labute approximate surface area is 81.2 Å². The zero-order valence-electron chi connectivity index (χ0n) is 7.59. The third-order valence-corrected chi connectivity index (χ3v) is 2.03. The molecule has 0 saturated heterocycles. The highest BCUT2D eigenvalue weighted by Gasteiger charge is 2.14. The van der Waals surface area contributed by atoms with E-state index >= 15 is 0 Å². The highest BCUT2D eigenvalue weighted by atomic mass is 32.1. The maximum Gasteiger partial charge on any atom is 0.0168 e. The minimum Gasteiger partial charge on any atom is -0.308 e. The second-order valence-corrected chi connectivity index (χ2v) is 4.60. The Morgan fingerprint density at radius 3 is 2.09 bits per heavy atom. The fourth-order valence-electron chi connectivity index (χ4n) is 0.977. The van der Waals surface area contributed by atoms with Crippen LogP contribution in [0.5, 0.6) is 0 Å². The largest absolute Gasteiger partial charge is 0.308 e. The third kappa shape index (κ3) is 7.04. The standard InChI is InChI=1S/C8H19NS2/c1-8(2,3)9-7(6-11)4-5-10/h7,9-11H,4-6H2,1-3H3. The van der Waals surface area contributed by atoms with Crippen LogP contribution in [0.25, 0.3) is 0 Å². The van der Waals surface area contributed by atoms with Crippen molar-refractivity contribution in [2.24, 2.45) is 0 Å². The van der Waals surface area contributed by atoms with Gasteiger partial charge in [0.15, 0.2) is 0 Å². The van der Waals surface area contributed by atoms with Crippen molar-refractivity contribution in [1.29, 1.82) is 0 Å². The van der Waals surface area contributed by atoms with E-state index in [1.165, 1.54) is 0 Å². The number of thiol groups is 2. The van der Waals surface area contributed by atoms with Crippen LogP contribution < -0.4 is 5.32 Å². The zero-order valence-corrected chi connectivity index (χ0v) is 9.38. The predicted molar refractivity (Wildman–Crippen MR) is 59.0 cm³/mol. The van der Waals surface area contributed by atoms with E-state index in [-0.39, 0.29) is 5.54 Å². The zero-order chi connectivity index (χ0) is 8.91. The molecule has 11 heavy (non-hydrogen) atoms. The lowest BCUT2D eigenvalue weighted by Gasteiger charge is -2.27. The molecule has 1 N–H and O–H groups in total. The molecule has 0 saturated carbocycles. The van der Waals surface area contributed by atoms with E-state index in [9.17, 15) is 0 Å². The fraction of sp³-hybridized carbons (Fsp3) is 1.00. The molecule has 0 radical (unpaired) electrons. The van der Waals surface area contributed by atoms with Crippen LogP contribution in [0.1, 0.15) is 27.2 Å². The van der Waals surface area contributed by atoms with Crippen LogP contribution in [0.15, 0.2) is 0 Å². The summed E-state index contributed by atoms with van der Waals surface area (Å²) in [6.07, 6.45) is 1.09. The summed E-state index contributed by atoms with van der Waals surface area (Å²) in [5, 5.41) is 3.48. The van der Waals surface area contributed by atoms with E-state index in [4.69, 9.17) is 0 Å². The molecule has 3 heteroatoms. The Morgan fingerprint density at radius 1 is 1.27 bits per heavy atom. The molecule has 0 aliphatic carbocycles. The van der Waals surface area contributed by atoms with Crippen molar-refractivity contribution in [2.75, 3.05) is 11.5 Å². The molecule has 1 unspecified atom stereocenters. The van der Waals surface area contributed by atoms with Gasteiger partial charge in [-0.25, -0.2) is 0 Å². The molecule has 0 bridgehead atoms. The Balaban J connectivity index is 3.68. The molecule has 0 aliphatic heterocycles. The van der Waals surface area contributed by atoms with Gasteiger partial charge in [0.1, 0.15) is 0 Å². The average molecular weight is 193 g/mol. The van der Waals surface area contributed by atoms with E-state index in [0.29, 0.717) is 6.04 Å². The van der Waals surface area contributed by atoms with Gasteiger partial charge >= 0.3 is 0 Å². The first kappa shape index (κ1) is 11.7. The van der Waals surface area contributed by atoms with Crippen LogP contribution in [-0.2, 0) is 0 Å². The summed E-state index contributed by atoms with van der Waals surface area (Å²) in [7, 11) is 0. The van der Waals surface area contributed by atoms with Crippen molar-refractivity contribution in [3.05, 3.63) is 0 Å². The number of hydrogen-bond acceptors (Lipinski definition) is 3. The fourth-order valence-corrected chi connectivity index (χ4v) is 1.56. The predicted octanol–water partition coefficient (Wildman–Crippen LogP) is 1.99. The van der Waals surface area contributed by atoms with E-state index < -0.39 is 0 Å². The number of rotatable bonds is 4. The van der Waals surface area contributed by atoms with Crippen molar-refractivity contribution >= 4 is 25.3 Å². The summed E-state index contributed by atoms with van der Waals surface area (Å²) in [4.78, 5) is 0. The van der Waals surface area contributed by atoms with Gasteiger partial charge in [0.2, 0.25) is 0 Å². The minimum atomic E-state index is 0.191. The molecule has 0 fully saturated rings. The lowest BCUT2D eigenvalue weighted by Crippen LogP contribution is -2.44. The highest BCUT2D eigenvalue weighted by molar-refractivity contribution is 7.80. The van der Waals surface area contributed by atoms with Crippen molar-refractivity contribution in [3.8, 4) is 0 Å². The van der Waals surface area contributed by atoms with Crippen molar-refractivity contribution < 1.29 is 0 Å². The Kier molecular flexibility index (Phi) is 5.65. The van der Waals surface area contributed by atoms with Crippen LogP contribution in [0.3, 0.4) is 0 Å². The second kappa shape index (κ2) is 5.33. The topological polar surface area (TPSA) is 12.0 Å². The van der Waals surface area contributed by atoms with Gasteiger partial charge in [0.05, 0.1) is 0 Å². The van der Waals surface area contributed by atoms with E-state index in [0.717, 1.165) is 17.9 Å². The van der Waals surface area contributed by atoms with Gasteiger partial charge in [-0.3, -0.25) is 0 Å². The molecule has 0 aliphatic rings. The van der Waals surface area contributed by atoms with Gasteiger partial charge in [-0.2, -0.15) is 25.3 Å². The molecule has 0 amide bonds. The third-order valence-electron chi connectivity index (χ3n) is 1.34.